The second kappa shape index (κ2) is 6.95. The molecule has 2 rings (SSSR count). The average molecular weight is 335 g/mol. The molecular formula is C18H24N2O4. The van der Waals surface area contributed by atoms with Crippen LogP contribution in [-0.4, -0.2) is 47.7 Å². The maximum absolute atomic E-state index is 12.6. The maximum atomic E-state index is 12.6. The first kappa shape index (κ1) is 13.9. The zero-order valence-electron chi connectivity index (χ0n) is 17.3. The molecule has 1 N–H and O–H groups in total. The van der Waals surface area contributed by atoms with Crippen molar-refractivity contribution in [1.82, 2.24) is 9.88 Å². The Hall–Kier alpha value is -2.50. The lowest BCUT2D eigenvalue weighted by molar-refractivity contribution is -0.146. The Labute approximate surface area is 145 Å². The molecule has 1 aromatic carbocycles. The molecule has 0 spiro atoms. The number of nitrogens with zero attached hydrogens (tertiary/aromatic N) is 1. The van der Waals surface area contributed by atoms with Crippen LogP contribution in [0.4, 0.5) is 4.79 Å². The van der Waals surface area contributed by atoms with E-state index < -0.39 is 30.7 Å². The summed E-state index contributed by atoms with van der Waals surface area (Å²) in [6.45, 7) is 1.98. The van der Waals surface area contributed by atoms with Crippen molar-refractivity contribution in [3.8, 4) is 0 Å². The van der Waals surface area contributed by atoms with E-state index in [1.165, 1.54) is 0 Å². The number of aromatic nitrogens is 1. The predicted molar refractivity (Wildman–Crippen MR) is 91.8 cm³/mol. The number of nitrogens with one attached hydrogen (secondary N) is 1. The number of aromatic amines is 1. The van der Waals surface area contributed by atoms with Gasteiger partial charge in [-0.3, -0.25) is 4.90 Å². The van der Waals surface area contributed by atoms with Gasteiger partial charge in [0.1, 0.15) is 11.6 Å². The van der Waals surface area contributed by atoms with Crippen LogP contribution in [0.1, 0.15) is 30.4 Å². The largest absolute Gasteiger partial charge is 0.467 e. The minimum absolute atomic E-state index is 0.0334. The second-order valence-corrected chi connectivity index (χ2v) is 6.45. The molecule has 24 heavy (non-hydrogen) atoms. The number of methoxy groups -OCH3 is 1. The minimum Gasteiger partial charge on any atom is -0.467 e. The molecule has 0 fully saturated rings. The third kappa shape index (κ3) is 4.07. The van der Waals surface area contributed by atoms with E-state index >= 15 is 0 Å². The van der Waals surface area contributed by atoms with Gasteiger partial charge in [-0.05, 0) is 32.4 Å². The Morgan fingerprint density at radius 3 is 2.67 bits per heavy atom. The molecule has 0 bridgehead atoms. The summed E-state index contributed by atoms with van der Waals surface area (Å²) >= 11 is 0. The van der Waals surface area contributed by atoms with Crippen LogP contribution in [0, 0.1) is 0 Å². The number of carbonyl (C=O) groups is 2. The molecule has 2 aromatic rings. The molecule has 0 aliphatic carbocycles. The van der Waals surface area contributed by atoms with Crippen molar-refractivity contribution >= 4 is 23.0 Å². The average Bonchev–Trinajstić information content (AvgIpc) is 2.93. The monoisotopic (exact) mass is 335 g/mol. The van der Waals surface area contributed by atoms with E-state index in [-0.39, 0.29) is 6.42 Å². The van der Waals surface area contributed by atoms with Gasteiger partial charge in [-0.1, -0.05) is 18.2 Å². The highest BCUT2D eigenvalue weighted by atomic mass is 16.6. The Morgan fingerprint density at radius 1 is 1.33 bits per heavy atom. The first-order chi connectivity index (χ1) is 12.4. The zero-order valence-corrected chi connectivity index (χ0v) is 14.3. The maximum Gasteiger partial charge on any atom is 0.410 e. The van der Waals surface area contributed by atoms with E-state index in [9.17, 15) is 9.59 Å². The van der Waals surface area contributed by atoms with E-state index in [1.54, 1.807) is 27.0 Å². The van der Waals surface area contributed by atoms with Crippen LogP contribution in [0.2, 0.25) is 0 Å². The van der Waals surface area contributed by atoms with Gasteiger partial charge in [-0.2, -0.15) is 0 Å². The smallest absolute Gasteiger partial charge is 0.410 e. The summed E-state index contributed by atoms with van der Waals surface area (Å²) < 4.78 is 33.3. The number of hydrogen-bond donors (Lipinski definition) is 1. The molecule has 0 aliphatic heterocycles. The van der Waals surface area contributed by atoms with Crippen LogP contribution in [0.5, 0.6) is 0 Å². The quantitative estimate of drug-likeness (QED) is 0.872. The molecule has 0 radical (unpaired) electrons. The van der Waals surface area contributed by atoms with E-state index in [0.29, 0.717) is 10.5 Å². The number of rotatable bonds is 4. The number of H-pyrrole nitrogens is 1. The first-order valence-corrected chi connectivity index (χ1v) is 7.59. The molecule has 0 saturated carbocycles. The van der Waals surface area contributed by atoms with Crippen LogP contribution in [0.15, 0.2) is 30.5 Å². The SMILES string of the molecule is [2H]C([2H])([2H])N(C(=O)OC(C)(C)C)[C@@H](Cc1c[nH]c2ccccc12)C(=O)OC. The standard InChI is InChI=1S/C18H24N2O4/c1-18(2,3)24-17(22)20(4)15(16(21)23-5)10-12-11-19-14-9-7-6-8-13(12)14/h6-9,11,15,19H,10H2,1-5H3/t15-/m0/s1/i4D3. The molecule has 0 aliphatic rings. The highest BCUT2D eigenvalue weighted by Gasteiger charge is 2.31. The van der Waals surface area contributed by atoms with Gasteiger partial charge in [0, 0.05) is 34.6 Å². The van der Waals surface area contributed by atoms with Crippen LogP contribution in [-0.2, 0) is 20.7 Å². The number of hydrogen-bond acceptors (Lipinski definition) is 4. The van der Waals surface area contributed by atoms with Gasteiger partial charge >= 0.3 is 12.1 Å². The number of ether oxygens (including phenoxy) is 2. The number of esters is 1. The fourth-order valence-corrected chi connectivity index (χ4v) is 2.36. The number of fused-ring (bicyclic) bond motifs is 1. The summed E-state index contributed by atoms with van der Waals surface area (Å²) in [7, 11) is 1.15. The summed E-state index contributed by atoms with van der Waals surface area (Å²) in [5.41, 5.74) is 0.620. The molecule has 6 nitrogen and oxygen atoms in total. The zero-order chi connectivity index (χ0) is 20.4. The van der Waals surface area contributed by atoms with Crippen LogP contribution < -0.4 is 0 Å². The van der Waals surface area contributed by atoms with Crippen molar-refractivity contribution in [3.63, 3.8) is 0 Å². The van der Waals surface area contributed by atoms with Crippen LogP contribution >= 0.6 is 0 Å². The third-order valence-electron chi connectivity index (χ3n) is 3.46. The first-order valence-electron chi connectivity index (χ1n) is 9.09. The molecular weight excluding hydrogens is 308 g/mol. The van der Waals surface area contributed by atoms with E-state index in [2.05, 4.69) is 4.98 Å². The summed E-state index contributed by atoms with van der Waals surface area (Å²) in [5, 5.41) is 0.834. The number of carbonyl (C=O) groups excluding carboxylic acids is 2. The van der Waals surface area contributed by atoms with Gasteiger partial charge in [0.2, 0.25) is 0 Å². The van der Waals surface area contributed by atoms with Crippen molar-refractivity contribution in [1.29, 1.82) is 0 Å². The van der Waals surface area contributed by atoms with Crippen LogP contribution in [0.25, 0.3) is 10.9 Å². The lowest BCUT2D eigenvalue weighted by Crippen LogP contribution is -2.46. The van der Waals surface area contributed by atoms with Gasteiger partial charge < -0.3 is 14.5 Å². The fraction of sp³-hybridized carbons (Fsp3) is 0.444. The van der Waals surface area contributed by atoms with E-state index in [1.807, 2.05) is 24.3 Å². The third-order valence-corrected chi connectivity index (χ3v) is 3.46. The summed E-state index contributed by atoms with van der Waals surface area (Å²) in [5.74, 6) is -0.831. The minimum atomic E-state index is -2.88. The predicted octanol–water partition coefficient (Wildman–Crippen LogP) is 3.12. The van der Waals surface area contributed by atoms with Crippen molar-refractivity contribution < 1.29 is 23.2 Å². The molecule has 0 saturated heterocycles. The van der Waals surface area contributed by atoms with Crippen molar-refractivity contribution in [2.75, 3.05) is 14.1 Å². The highest BCUT2D eigenvalue weighted by Crippen LogP contribution is 2.21. The summed E-state index contributed by atoms with van der Waals surface area (Å²) in [4.78, 5) is 28.5. The summed E-state index contributed by atoms with van der Waals surface area (Å²) in [6, 6.07) is 6.04. The lowest BCUT2D eigenvalue weighted by atomic mass is 10.0. The fourth-order valence-electron chi connectivity index (χ4n) is 2.36. The van der Waals surface area contributed by atoms with Crippen molar-refractivity contribution in [2.24, 2.45) is 0 Å². The molecule has 1 atom stereocenters. The number of amides is 1. The number of para-hydroxylation sites is 1. The van der Waals surface area contributed by atoms with Crippen molar-refractivity contribution in [3.05, 3.63) is 36.0 Å². The van der Waals surface area contributed by atoms with Gasteiger partial charge in [-0.15, -0.1) is 0 Å². The normalized spacial score (nSPS) is 15.1. The molecule has 1 amide bonds. The molecule has 6 heteroatoms. The highest BCUT2D eigenvalue weighted by molar-refractivity contribution is 5.86. The van der Waals surface area contributed by atoms with Crippen LogP contribution in [0.3, 0.4) is 0 Å². The van der Waals surface area contributed by atoms with E-state index in [4.69, 9.17) is 13.6 Å². The Bertz CT molecular complexity index is 824. The Morgan fingerprint density at radius 2 is 2.04 bits per heavy atom. The lowest BCUT2D eigenvalue weighted by Gasteiger charge is -2.29. The Kier molecular flexibility index (Phi) is 4.02. The van der Waals surface area contributed by atoms with Gasteiger partial charge in [0.25, 0.3) is 0 Å². The number of likely N-dealkylation sites (N-methyl/N-ethyl adjacent to an activating group) is 1. The molecule has 130 valence electrons. The second-order valence-electron chi connectivity index (χ2n) is 6.45. The van der Waals surface area contributed by atoms with Crippen molar-refractivity contribution in [2.45, 2.75) is 38.8 Å². The number of benzene rings is 1. The molecule has 1 heterocycles. The molecule has 0 unspecified atom stereocenters. The van der Waals surface area contributed by atoms with Gasteiger partial charge in [0.05, 0.1) is 7.11 Å². The van der Waals surface area contributed by atoms with Gasteiger partial charge in [0.15, 0.2) is 0 Å². The molecule has 1 aromatic heterocycles. The Balaban J connectivity index is 2.44. The summed E-state index contributed by atoms with van der Waals surface area (Å²) in [6.07, 6.45) is 0.555. The van der Waals surface area contributed by atoms with E-state index in [0.717, 1.165) is 18.0 Å². The van der Waals surface area contributed by atoms with Gasteiger partial charge in [-0.25, -0.2) is 9.59 Å². The topological polar surface area (TPSA) is 71.6 Å².